The summed E-state index contributed by atoms with van der Waals surface area (Å²) in [7, 11) is 0. The number of ether oxygens (including phenoxy) is 2. The molecule has 4 nitrogen and oxygen atoms in total. The van der Waals surface area contributed by atoms with Crippen LogP contribution in [0.3, 0.4) is 0 Å². The Morgan fingerprint density at radius 2 is 2.16 bits per heavy atom. The van der Waals surface area contributed by atoms with Crippen LogP contribution in [-0.2, 0) is 0 Å². The number of hydrogen-bond acceptors (Lipinski definition) is 4. The first kappa shape index (κ1) is 13.4. The topological polar surface area (TPSA) is 48.4 Å². The van der Waals surface area contributed by atoms with Crippen molar-refractivity contribution in [2.45, 2.75) is 6.92 Å². The molecule has 0 aliphatic carbocycles. The summed E-state index contributed by atoms with van der Waals surface area (Å²) in [4.78, 5) is 15.9. The molecule has 0 saturated carbocycles. The minimum absolute atomic E-state index is 0.374. The van der Waals surface area contributed by atoms with Crippen LogP contribution < -0.4 is 9.47 Å². The van der Waals surface area contributed by atoms with E-state index < -0.39 is 5.97 Å². The first-order valence-electron chi connectivity index (χ1n) is 5.75. The Morgan fingerprint density at radius 3 is 2.89 bits per heavy atom. The first-order valence-corrected chi connectivity index (χ1v) is 6.13. The van der Waals surface area contributed by atoms with Gasteiger partial charge in [-0.3, -0.25) is 0 Å². The maximum Gasteiger partial charge on any atom is 0.343 e. The van der Waals surface area contributed by atoms with E-state index >= 15 is 0 Å². The van der Waals surface area contributed by atoms with E-state index in [1.807, 2.05) is 6.92 Å². The highest BCUT2D eigenvalue weighted by Gasteiger charge is 2.10. The van der Waals surface area contributed by atoms with Crippen LogP contribution in [-0.4, -0.2) is 17.6 Å². The molecule has 1 heterocycles. The summed E-state index contributed by atoms with van der Waals surface area (Å²) in [5.41, 5.74) is 0.374. The molecule has 0 unspecified atom stereocenters. The standard InChI is InChI=1S/C14H12ClNO3/c1-2-18-13-8-10(6-7-16-13)14(17)19-12-5-3-4-11(15)9-12/h3-9H,2H2,1H3. The van der Waals surface area contributed by atoms with Crippen LogP contribution in [0, 0.1) is 0 Å². The number of pyridine rings is 1. The van der Waals surface area contributed by atoms with Gasteiger partial charge in [-0.15, -0.1) is 0 Å². The second-order valence-corrected chi connectivity index (χ2v) is 4.10. The number of esters is 1. The zero-order valence-corrected chi connectivity index (χ0v) is 11.1. The van der Waals surface area contributed by atoms with Gasteiger partial charge in [0, 0.05) is 17.3 Å². The van der Waals surface area contributed by atoms with Gasteiger partial charge in [0.1, 0.15) is 5.75 Å². The second-order valence-electron chi connectivity index (χ2n) is 3.66. The van der Waals surface area contributed by atoms with Crippen molar-refractivity contribution in [1.29, 1.82) is 0 Å². The molecular weight excluding hydrogens is 266 g/mol. The summed E-state index contributed by atoms with van der Waals surface area (Å²) in [5, 5.41) is 0.509. The van der Waals surface area contributed by atoms with Crippen molar-refractivity contribution in [3.63, 3.8) is 0 Å². The SMILES string of the molecule is CCOc1cc(C(=O)Oc2cccc(Cl)c2)ccn1. The molecule has 0 radical (unpaired) electrons. The molecule has 5 heteroatoms. The fourth-order valence-electron chi connectivity index (χ4n) is 1.46. The lowest BCUT2D eigenvalue weighted by atomic mass is 10.2. The molecule has 0 atom stereocenters. The zero-order valence-electron chi connectivity index (χ0n) is 10.3. The van der Waals surface area contributed by atoms with Crippen molar-refractivity contribution < 1.29 is 14.3 Å². The van der Waals surface area contributed by atoms with E-state index in [0.717, 1.165) is 0 Å². The lowest BCUT2D eigenvalue weighted by molar-refractivity contribution is 0.0734. The Kier molecular flexibility index (Phi) is 4.36. The molecule has 1 aromatic heterocycles. The van der Waals surface area contributed by atoms with Gasteiger partial charge in [0.15, 0.2) is 0 Å². The molecular formula is C14H12ClNO3. The van der Waals surface area contributed by atoms with Gasteiger partial charge in [0.2, 0.25) is 5.88 Å². The van der Waals surface area contributed by atoms with Crippen LogP contribution in [0.1, 0.15) is 17.3 Å². The minimum Gasteiger partial charge on any atom is -0.478 e. The number of benzene rings is 1. The number of aromatic nitrogens is 1. The normalized spacial score (nSPS) is 10.0. The molecule has 0 spiro atoms. The first-order chi connectivity index (χ1) is 9.19. The van der Waals surface area contributed by atoms with Crippen molar-refractivity contribution in [2.75, 3.05) is 6.61 Å². The largest absolute Gasteiger partial charge is 0.478 e. The fraction of sp³-hybridized carbons (Fsp3) is 0.143. The highest BCUT2D eigenvalue weighted by molar-refractivity contribution is 6.30. The molecule has 2 rings (SSSR count). The van der Waals surface area contributed by atoms with Crippen molar-refractivity contribution in [3.8, 4) is 11.6 Å². The van der Waals surface area contributed by atoms with Gasteiger partial charge in [-0.05, 0) is 31.2 Å². The summed E-state index contributed by atoms with van der Waals surface area (Å²) in [5.74, 6) is 0.306. The van der Waals surface area contributed by atoms with Gasteiger partial charge in [0.25, 0.3) is 0 Å². The Hall–Kier alpha value is -2.07. The molecule has 0 saturated heterocycles. The van der Waals surface area contributed by atoms with Gasteiger partial charge in [-0.25, -0.2) is 9.78 Å². The van der Waals surface area contributed by atoms with E-state index in [1.165, 1.54) is 12.3 Å². The summed E-state index contributed by atoms with van der Waals surface area (Å²) < 4.78 is 10.4. The third-order valence-electron chi connectivity index (χ3n) is 2.27. The van der Waals surface area contributed by atoms with Crippen LogP contribution in [0.4, 0.5) is 0 Å². The monoisotopic (exact) mass is 277 g/mol. The molecule has 0 bridgehead atoms. The van der Waals surface area contributed by atoms with Crippen molar-refractivity contribution >= 4 is 17.6 Å². The van der Waals surface area contributed by atoms with E-state index in [0.29, 0.717) is 28.8 Å². The summed E-state index contributed by atoms with van der Waals surface area (Å²) in [6.45, 7) is 2.33. The Morgan fingerprint density at radius 1 is 1.32 bits per heavy atom. The van der Waals surface area contributed by atoms with Crippen LogP contribution in [0.5, 0.6) is 11.6 Å². The number of carbonyl (C=O) groups excluding carboxylic acids is 1. The van der Waals surface area contributed by atoms with Crippen LogP contribution in [0.25, 0.3) is 0 Å². The molecule has 2 aromatic rings. The Bertz CT molecular complexity index is 586. The number of nitrogens with zero attached hydrogens (tertiary/aromatic N) is 1. The smallest absolute Gasteiger partial charge is 0.343 e. The predicted molar refractivity (Wildman–Crippen MR) is 71.8 cm³/mol. The number of carbonyl (C=O) groups is 1. The van der Waals surface area contributed by atoms with Crippen molar-refractivity contribution in [3.05, 3.63) is 53.2 Å². The van der Waals surface area contributed by atoms with E-state index in [1.54, 1.807) is 30.3 Å². The maximum absolute atomic E-state index is 11.9. The average Bonchev–Trinajstić information content (AvgIpc) is 2.39. The number of halogens is 1. The molecule has 0 aliphatic heterocycles. The third kappa shape index (κ3) is 3.69. The van der Waals surface area contributed by atoms with E-state index in [9.17, 15) is 4.79 Å². The van der Waals surface area contributed by atoms with Crippen LogP contribution >= 0.6 is 11.6 Å². The highest BCUT2D eigenvalue weighted by Crippen LogP contribution is 2.19. The van der Waals surface area contributed by atoms with Gasteiger partial charge in [-0.1, -0.05) is 17.7 Å². The maximum atomic E-state index is 11.9. The van der Waals surface area contributed by atoms with Crippen LogP contribution in [0.15, 0.2) is 42.6 Å². The number of hydrogen-bond donors (Lipinski definition) is 0. The molecule has 0 aliphatic rings. The molecule has 98 valence electrons. The lowest BCUT2D eigenvalue weighted by Crippen LogP contribution is -2.09. The summed E-state index contributed by atoms with van der Waals surface area (Å²) >= 11 is 5.82. The van der Waals surface area contributed by atoms with Gasteiger partial charge >= 0.3 is 5.97 Å². The second kappa shape index (κ2) is 6.20. The van der Waals surface area contributed by atoms with E-state index in [2.05, 4.69) is 4.98 Å². The fourth-order valence-corrected chi connectivity index (χ4v) is 1.64. The molecule has 1 aromatic carbocycles. The van der Waals surface area contributed by atoms with Crippen molar-refractivity contribution in [2.24, 2.45) is 0 Å². The molecule has 0 amide bonds. The molecule has 0 N–H and O–H groups in total. The average molecular weight is 278 g/mol. The lowest BCUT2D eigenvalue weighted by Gasteiger charge is -2.06. The molecule has 0 fully saturated rings. The molecule has 19 heavy (non-hydrogen) atoms. The van der Waals surface area contributed by atoms with E-state index in [4.69, 9.17) is 21.1 Å². The van der Waals surface area contributed by atoms with Crippen LogP contribution in [0.2, 0.25) is 5.02 Å². The number of rotatable bonds is 4. The Labute approximate surface area is 115 Å². The Balaban J connectivity index is 2.13. The summed E-state index contributed by atoms with van der Waals surface area (Å²) in [6.07, 6.45) is 1.50. The predicted octanol–water partition coefficient (Wildman–Crippen LogP) is 3.35. The van der Waals surface area contributed by atoms with Crippen molar-refractivity contribution in [1.82, 2.24) is 4.98 Å². The van der Waals surface area contributed by atoms with Gasteiger partial charge < -0.3 is 9.47 Å². The third-order valence-corrected chi connectivity index (χ3v) is 2.50. The minimum atomic E-state index is -0.481. The van der Waals surface area contributed by atoms with E-state index in [-0.39, 0.29) is 0 Å². The van der Waals surface area contributed by atoms with Gasteiger partial charge in [-0.2, -0.15) is 0 Å². The van der Waals surface area contributed by atoms with Gasteiger partial charge in [0.05, 0.1) is 12.2 Å². The summed E-state index contributed by atoms with van der Waals surface area (Å²) in [6, 6.07) is 9.76. The zero-order chi connectivity index (χ0) is 13.7. The highest BCUT2D eigenvalue weighted by atomic mass is 35.5. The quantitative estimate of drug-likeness (QED) is 0.635.